The van der Waals surface area contributed by atoms with Crippen molar-refractivity contribution < 1.29 is 0 Å². The maximum atomic E-state index is 2.50. The van der Waals surface area contributed by atoms with Crippen molar-refractivity contribution in [2.45, 2.75) is 77.6 Å². The van der Waals surface area contributed by atoms with Crippen LogP contribution in [-0.4, -0.2) is 0 Å². The molecule has 2 aliphatic carbocycles. The zero-order chi connectivity index (χ0) is 17.5. The third kappa shape index (κ3) is 1.92. The predicted octanol–water partition coefficient (Wildman–Crippen LogP) is 6.26. The molecule has 0 N–H and O–H groups in total. The van der Waals surface area contributed by atoms with Crippen molar-refractivity contribution in [1.29, 1.82) is 0 Å². The summed E-state index contributed by atoms with van der Waals surface area (Å²) in [6, 6.07) is 12.2. The fourth-order valence-corrected chi connectivity index (χ4v) is 5.70. The molecule has 0 amide bonds. The Kier molecular flexibility index (Phi) is 3.01. The molecule has 1 unspecified atom stereocenters. The summed E-state index contributed by atoms with van der Waals surface area (Å²) in [6.07, 6.45) is 2.47. The lowest BCUT2D eigenvalue weighted by Gasteiger charge is -2.30. The molecule has 2 aromatic rings. The van der Waals surface area contributed by atoms with Gasteiger partial charge in [-0.3, -0.25) is 0 Å². The van der Waals surface area contributed by atoms with Crippen molar-refractivity contribution in [3.8, 4) is 0 Å². The Morgan fingerprint density at radius 3 is 1.71 bits per heavy atom. The van der Waals surface area contributed by atoms with Crippen molar-refractivity contribution in [3.63, 3.8) is 0 Å². The lowest BCUT2D eigenvalue weighted by atomic mass is 9.72. The van der Waals surface area contributed by atoms with Crippen LogP contribution in [0.3, 0.4) is 0 Å². The SMILES string of the molecule is Cc1ccc2c(c1)C(C)(C)CC21CC(C)(C)c2cc(C)c(C)cc21. The Morgan fingerprint density at radius 2 is 1.12 bits per heavy atom. The molecule has 4 rings (SSSR count). The molecule has 0 saturated heterocycles. The van der Waals surface area contributed by atoms with Gasteiger partial charge in [-0.2, -0.15) is 0 Å². The third-order valence-corrected chi connectivity index (χ3v) is 6.79. The molecule has 0 aromatic heterocycles. The zero-order valence-corrected chi connectivity index (χ0v) is 16.3. The highest BCUT2D eigenvalue weighted by Crippen LogP contribution is 2.62. The maximum Gasteiger partial charge on any atom is 0.0225 e. The molecule has 0 aliphatic heterocycles. The first kappa shape index (κ1) is 15.9. The molecule has 0 saturated carbocycles. The van der Waals surface area contributed by atoms with Gasteiger partial charge in [0, 0.05) is 5.41 Å². The molecule has 1 spiro atoms. The highest BCUT2D eigenvalue weighted by atomic mass is 14.6. The largest absolute Gasteiger partial charge is 0.0590 e. The number of aryl methyl sites for hydroxylation is 3. The Bertz CT molecular complexity index is 847. The average Bonchev–Trinajstić information content (AvgIpc) is 2.80. The summed E-state index contributed by atoms with van der Waals surface area (Å²) in [4.78, 5) is 0. The van der Waals surface area contributed by atoms with E-state index in [1.54, 1.807) is 22.3 Å². The van der Waals surface area contributed by atoms with Gasteiger partial charge in [0.1, 0.15) is 0 Å². The third-order valence-electron chi connectivity index (χ3n) is 6.79. The number of benzene rings is 2. The molecule has 126 valence electrons. The second-order valence-corrected chi connectivity index (χ2v) is 9.73. The Hall–Kier alpha value is -1.56. The Balaban J connectivity index is 2.05. The molecule has 0 radical (unpaired) electrons. The fourth-order valence-electron chi connectivity index (χ4n) is 5.70. The van der Waals surface area contributed by atoms with Crippen molar-refractivity contribution in [2.24, 2.45) is 0 Å². The van der Waals surface area contributed by atoms with E-state index < -0.39 is 0 Å². The van der Waals surface area contributed by atoms with Gasteiger partial charge < -0.3 is 0 Å². The van der Waals surface area contributed by atoms with E-state index in [-0.39, 0.29) is 16.2 Å². The summed E-state index contributed by atoms with van der Waals surface area (Å²) >= 11 is 0. The number of hydrogen-bond acceptors (Lipinski definition) is 0. The molecule has 24 heavy (non-hydrogen) atoms. The van der Waals surface area contributed by atoms with Gasteiger partial charge in [0.25, 0.3) is 0 Å². The van der Waals surface area contributed by atoms with E-state index in [0.717, 1.165) is 0 Å². The highest BCUT2D eigenvalue weighted by molar-refractivity contribution is 5.61. The van der Waals surface area contributed by atoms with Crippen molar-refractivity contribution in [3.05, 3.63) is 69.3 Å². The molecule has 2 aliphatic rings. The van der Waals surface area contributed by atoms with Crippen LogP contribution in [0.25, 0.3) is 0 Å². The van der Waals surface area contributed by atoms with Gasteiger partial charge in [-0.1, -0.05) is 63.6 Å². The van der Waals surface area contributed by atoms with Gasteiger partial charge in [0.2, 0.25) is 0 Å². The first-order valence-corrected chi connectivity index (χ1v) is 9.31. The van der Waals surface area contributed by atoms with E-state index in [1.807, 2.05) is 0 Å². The minimum absolute atomic E-state index is 0.198. The number of rotatable bonds is 0. The molecule has 0 fully saturated rings. The standard InChI is InChI=1S/C24H30/c1-15-8-9-18-19(10-15)22(4,5)13-24(18)14-23(6,7)20-11-16(2)17(3)12-21(20)24/h8-12H,13-14H2,1-7H3. The minimum atomic E-state index is 0.198. The lowest BCUT2D eigenvalue weighted by Crippen LogP contribution is -2.27. The molecular formula is C24H30. The fraction of sp³-hybridized carbons (Fsp3) is 0.500. The van der Waals surface area contributed by atoms with Crippen LogP contribution in [0, 0.1) is 20.8 Å². The van der Waals surface area contributed by atoms with Gasteiger partial charge in [-0.25, -0.2) is 0 Å². The Labute approximate surface area is 147 Å². The van der Waals surface area contributed by atoms with E-state index in [1.165, 1.54) is 29.5 Å². The number of hydrogen-bond donors (Lipinski definition) is 0. The van der Waals surface area contributed by atoms with Gasteiger partial charge in [-0.15, -0.1) is 0 Å². The monoisotopic (exact) mass is 318 g/mol. The van der Waals surface area contributed by atoms with Crippen molar-refractivity contribution >= 4 is 0 Å². The van der Waals surface area contributed by atoms with Crippen LogP contribution in [0.1, 0.15) is 79.5 Å². The quantitative estimate of drug-likeness (QED) is 0.537. The van der Waals surface area contributed by atoms with Gasteiger partial charge in [0.05, 0.1) is 0 Å². The van der Waals surface area contributed by atoms with Crippen molar-refractivity contribution in [2.75, 3.05) is 0 Å². The van der Waals surface area contributed by atoms with Crippen LogP contribution in [0.15, 0.2) is 30.3 Å². The second kappa shape index (κ2) is 4.54. The lowest BCUT2D eigenvalue weighted by molar-refractivity contribution is 0.349. The molecular weight excluding hydrogens is 288 g/mol. The summed E-state index contributed by atoms with van der Waals surface area (Å²) in [5.41, 5.74) is 11.3. The molecule has 0 bridgehead atoms. The van der Waals surface area contributed by atoms with Crippen LogP contribution in [0.5, 0.6) is 0 Å². The minimum Gasteiger partial charge on any atom is -0.0590 e. The van der Waals surface area contributed by atoms with E-state index in [9.17, 15) is 0 Å². The highest BCUT2D eigenvalue weighted by Gasteiger charge is 2.56. The van der Waals surface area contributed by atoms with E-state index in [4.69, 9.17) is 0 Å². The zero-order valence-electron chi connectivity index (χ0n) is 16.3. The van der Waals surface area contributed by atoms with Crippen LogP contribution in [-0.2, 0) is 16.2 Å². The normalized spacial score (nSPS) is 25.8. The van der Waals surface area contributed by atoms with E-state index in [0.29, 0.717) is 0 Å². The summed E-state index contributed by atoms with van der Waals surface area (Å²) in [5.74, 6) is 0. The molecule has 0 heterocycles. The molecule has 1 atom stereocenters. The smallest absolute Gasteiger partial charge is 0.0225 e. The predicted molar refractivity (Wildman–Crippen MR) is 103 cm³/mol. The van der Waals surface area contributed by atoms with Crippen LogP contribution in [0.4, 0.5) is 0 Å². The van der Waals surface area contributed by atoms with Gasteiger partial charge in [0.15, 0.2) is 0 Å². The van der Waals surface area contributed by atoms with Gasteiger partial charge >= 0.3 is 0 Å². The summed E-state index contributed by atoms with van der Waals surface area (Å²) in [7, 11) is 0. The maximum absolute atomic E-state index is 2.50. The topological polar surface area (TPSA) is 0 Å². The van der Waals surface area contributed by atoms with Gasteiger partial charge in [-0.05, 0) is 77.8 Å². The Morgan fingerprint density at radius 1 is 0.625 bits per heavy atom. The second-order valence-electron chi connectivity index (χ2n) is 9.73. The molecule has 0 nitrogen and oxygen atoms in total. The number of fused-ring (bicyclic) bond motifs is 4. The summed E-state index contributed by atoms with van der Waals surface area (Å²) in [6.45, 7) is 16.5. The van der Waals surface area contributed by atoms with Crippen LogP contribution >= 0.6 is 0 Å². The van der Waals surface area contributed by atoms with Crippen LogP contribution < -0.4 is 0 Å². The molecule has 2 aromatic carbocycles. The summed E-state index contributed by atoms with van der Waals surface area (Å²) < 4.78 is 0. The van der Waals surface area contributed by atoms with E-state index in [2.05, 4.69) is 78.8 Å². The van der Waals surface area contributed by atoms with E-state index >= 15 is 0 Å². The molecule has 0 heteroatoms. The first-order valence-electron chi connectivity index (χ1n) is 9.31. The average molecular weight is 319 g/mol. The van der Waals surface area contributed by atoms with Crippen molar-refractivity contribution in [1.82, 2.24) is 0 Å². The first-order chi connectivity index (χ1) is 11.1. The van der Waals surface area contributed by atoms with Crippen LogP contribution in [0.2, 0.25) is 0 Å². The summed E-state index contributed by atoms with van der Waals surface area (Å²) in [5, 5.41) is 0.